The van der Waals surface area contributed by atoms with Crippen LogP contribution < -0.4 is 10.6 Å². The first-order valence-corrected chi connectivity index (χ1v) is 10.7. The molecule has 1 saturated heterocycles. The Morgan fingerprint density at radius 1 is 1.06 bits per heavy atom. The van der Waals surface area contributed by atoms with Gasteiger partial charge in [-0.2, -0.15) is 0 Å². The molecule has 1 fully saturated rings. The molecule has 33 heavy (non-hydrogen) atoms. The monoisotopic (exact) mass is 463 g/mol. The fraction of sp³-hybridized carbons (Fsp3) is 0.417. The van der Waals surface area contributed by atoms with Gasteiger partial charge in [-0.15, -0.1) is 0 Å². The minimum Gasteiger partial charge on any atom is -0.444 e. The number of hydrogen-bond acceptors (Lipinski definition) is 4. The van der Waals surface area contributed by atoms with E-state index in [0.29, 0.717) is 31.0 Å². The van der Waals surface area contributed by atoms with E-state index in [4.69, 9.17) is 4.74 Å². The van der Waals surface area contributed by atoms with E-state index in [9.17, 15) is 22.8 Å². The van der Waals surface area contributed by atoms with Crippen molar-refractivity contribution < 1.29 is 27.5 Å². The third kappa shape index (κ3) is 6.40. The lowest BCUT2D eigenvalue weighted by molar-refractivity contribution is 0.0185. The molecule has 0 aromatic heterocycles. The predicted molar refractivity (Wildman–Crippen MR) is 119 cm³/mol. The van der Waals surface area contributed by atoms with Gasteiger partial charge in [-0.1, -0.05) is 6.07 Å². The number of rotatable bonds is 4. The molecule has 2 amide bonds. The van der Waals surface area contributed by atoms with Crippen molar-refractivity contribution >= 4 is 23.4 Å². The molecule has 0 saturated carbocycles. The van der Waals surface area contributed by atoms with E-state index >= 15 is 0 Å². The minimum absolute atomic E-state index is 0.0200. The Kier molecular flexibility index (Phi) is 7.19. The molecule has 1 atom stereocenters. The lowest BCUT2D eigenvalue weighted by Crippen LogP contribution is -2.50. The summed E-state index contributed by atoms with van der Waals surface area (Å²) in [6, 6.07) is 5.41. The summed E-state index contributed by atoms with van der Waals surface area (Å²) >= 11 is 0. The number of halogens is 3. The van der Waals surface area contributed by atoms with Crippen molar-refractivity contribution in [1.82, 2.24) is 10.2 Å². The molecular formula is C24H28F3N3O3. The van der Waals surface area contributed by atoms with Gasteiger partial charge in [-0.05, 0) is 64.3 Å². The number of piperidine rings is 1. The minimum atomic E-state index is -1.08. The molecule has 0 aliphatic carbocycles. The Labute approximate surface area is 191 Å². The van der Waals surface area contributed by atoms with Crippen LogP contribution in [0.4, 0.5) is 29.3 Å². The Morgan fingerprint density at radius 2 is 1.79 bits per heavy atom. The molecule has 2 N–H and O–H groups in total. The molecule has 1 aliphatic heterocycles. The van der Waals surface area contributed by atoms with Gasteiger partial charge in [0.25, 0.3) is 5.91 Å². The normalized spacial score (nSPS) is 16.3. The van der Waals surface area contributed by atoms with Crippen LogP contribution in [0.3, 0.4) is 0 Å². The average Bonchev–Trinajstić information content (AvgIpc) is 2.68. The van der Waals surface area contributed by atoms with Gasteiger partial charge in [-0.25, -0.2) is 18.0 Å². The molecule has 0 spiro atoms. The lowest BCUT2D eigenvalue weighted by Gasteiger charge is -2.34. The van der Waals surface area contributed by atoms with Crippen LogP contribution in [0, 0.1) is 24.4 Å². The number of hydrogen-bond donors (Lipinski definition) is 2. The van der Waals surface area contributed by atoms with Crippen LogP contribution in [-0.2, 0) is 4.74 Å². The number of carbonyl (C=O) groups excluding carboxylic acids is 2. The molecule has 2 aromatic carbocycles. The molecule has 9 heteroatoms. The van der Waals surface area contributed by atoms with E-state index in [2.05, 4.69) is 10.6 Å². The second-order valence-electron chi connectivity index (χ2n) is 9.16. The highest BCUT2D eigenvalue weighted by Gasteiger charge is 2.30. The fourth-order valence-electron chi connectivity index (χ4n) is 3.61. The maximum Gasteiger partial charge on any atom is 0.410 e. The zero-order valence-corrected chi connectivity index (χ0v) is 19.1. The van der Waals surface area contributed by atoms with E-state index in [0.717, 1.165) is 6.07 Å². The maximum absolute atomic E-state index is 14.7. The highest BCUT2D eigenvalue weighted by atomic mass is 19.1. The van der Waals surface area contributed by atoms with Crippen LogP contribution in [0.25, 0.3) is 0 Å². The van der Waals surface area contributed by atoms with Crippen LogP contribution >= 0.6 is 0 Å². The number of aryl methyl sites for hydroxylation is 1. The lowest BCUT2D eigenvalue weighted by atomic mass is 10.0. The Bertz CT molecular complexity index is 1050. The van der Waals surface area contributed by atoms with Crippen molar-refractivity contribution in [3.05, 3.63) is 58.9 Å². The zero-order chi connectivity index (χ0) is 24.3. The smallest absolute Gasteiger partial charge is 0.410 e. The van der Waals surface area contributed by atoms with Crippen LogP contribution in [0.5, 0.6) is 0 Å². The van der Waals surface area contributed by atoms with E-state index in [1.165, 1.54) is 17.0 Å². The summed E-state index contributed by atoms with van der Waals surface area (Å²) in [5.41, 5.74) is -0.642. The molecular weight excluding hydrogens is 435 g/mol. The van der Waals surface area contributed by atoms with Gasteiger partial charge in [-0.3, -0.25) is 4.79 Å². The SMILES string of the molecule is Cc1ccc(Nc2cc(F)cc(F)c2C(=O)NC2CCCN(C(=O)OC(C)(C)C)C2)c(F)c1. The summed E-state index contributed by atoms with van der Waals surface area (Å²) in [5.74, 6) is -3.40. The standard InChI is InChI=1S/C24H28F3N3O3/c1-14-7-8-19(17(26)10-14)29-20-12-15(25)11-18(27)21(20)22(31)28-16-6-5-9-30(13-16)23(32)33-24(2,3)4/h7-8,10-12,16,29H,5-6,9,13H2,1-4H3,(H,28,31). The first-order chi connectivity index (χ1) is 15.4. The second kappa shape index (κ2) is 9.72. The van der Waals surface area contributed by atoms with E-state index < -0.39 is 46.7 Å². The molecule has 2 aromatic rings. The summed E-state index contributed by atoms with van der Waals surface area (Å²) in [6.45, 7) is 7.66. The van der Waals surface area contributed by atoms with Crippen LogP contribution in [0.15, 0.2) is 30.3 Å². The van der Waals surface area contributed by atoms with Crippen molar-refractivity contribution in [2.75, 3.05) is 18.4 Å². The van der Waals surface area contributed by atoms with Crippen molar-refractivity contribution in [3.63, 3.8) is 0 Å². The van der Waals surface area contributed by atoms with Crippen molar-refractivity contribution in [2.45, 2.75) is 52.2 Å². The molecule has 178 valence electrons. The van der Waals surface area contributed by atoms with Gasteiger partial charge >= 0.3 is 6.09 Å². The van der Waals surface area contributed by atoms with Crippen molar-refractivity contribution in [3.8, 4) is 0 Å². The first kappa shape index (κ1) is 24.4. The number of likely N-dealkylation sites (tertiary alicyclic amines) is 1. The molecule has 3 rings (SSSR count). The van der Waals surface area contributed by atoms with Gasteiger partial charge in [0.05, 0.1) is 16.9 Å². The summed E-state index contributed by atoms with van der Waals surface area (Å²) in [5, 5.41) is 5.33. The largest absolute Gasteiger partial charge is 0.444 e. The topological polar surface area (TPSA) is 70.7 Å². The molecule has 1 aliphatic rings. The van der Waals surface area contributed by atoms with Crippen LogP contribution in [0.1, 0.15) is 49.5 Å². The van der Waals surface area contributed by atoms with Crippen molar-refractivity contribution in [2.24, 2.45) is 0 Å². The average molecular weight is 464 g/mol. The molecule has 1 heterocycles. The first-order valence-electron chi connectivity index (χ1n) is 10.7. The predicted octanol–water partition coefficient (Wildman–Crippen LogP) is 5.29. The summed E-state index contributed by atoms with van der Waals surface area (Å²) in [6.07, 6.45) is 0.700. The number of nitrogens with one attached hydrogen (secondary N) is 2. The van der Waals surface area contributed by atoms with Gasteiger partial charge in [0.2, 0.25) is 0 Å². The molecule has 6 nitrogen and oxygen atoms in total. The van der Waals surface area contributed by atoms with Gasteiger partial charge in [0, 0.05) is 25.2 Å². The summed E-state index contributed by atoms with van der Waals surface area (Å²) in [4.78, 5) is 26.8. The van der Waals surface area contributed by atoms with E-state index in [1.54, 1.807) is 33.8 Å². The van der Waals surface area contributed by atoms with Crippen LogP contribution in [0.2, 0.25) is 0 Å². The van der Waals surface area contributed by atoms with Crippen molar-refractivity contribution in [1.29, 1.82) is 0 Å². The summed E-state index contributed by atoms with van der Waals surface area (Å²) < 4.78 is 48.2. The number of anilines is 2. The van der Waals surface area contributed by atoms with Gasteiger partial charge < -0.3 is 20.3 Å². The van der Waals surface area contributed by atoms with Gasteiger partial charge in [0.1, 0.15) is 23.1 Å². The number of benzene rings is 2. The fourth-order valence-corrected chi connectivity index (χ4v) is 3.61. The quantitative estimate of drug-likeness (QED) is 0.647. The Hall–Kier alpha value is -3.23. The molecule has 1 unspecified atom stereocenters. The Morgan fingerprint density at radius 3 is 2.45 bits per heavy atom. The van der Waals surface area contributed by atoms with Crippen LogP contribution in [-0.4, -0.2) is 41.6 Å². The van der Waals surface area contributed by atoms with Gasteiger partial charge in [0.15, 0.2) is 0 Å². The zero-order valence-electron chi connectivity index (χ0n) is 19.1. The van der Waals surface area contributed by atoms with E-state index in [1.807, 2.05) is 0 Å². The number of ether oxygens (including phenoxy) is 1. The molecule has 0 radical (unpaired) electrons. The number of nitrogens with zero attached hydrogens (tertiary/aromatic N) is 1. The number of amides is 2. The third-order valence-corrected chi connectivity index (χ3v) is 5.08. The van der Waals surface area contributed by atoms with E-state index in [-0.39, 0.29) is 17.9 Å². The maximum atomic E-state index is 14.7. The highest BCUT2D eigenvalue weighted by Crippen LogP contribution is 2.27. The second-order valence-corrected chi connectivity index (χ2v) is 9.16. The number of carbonyl (C=O) groups is 2. The highest BCUT2D eigenvalue weighted by molar-refractivity contribution is 6.00. The third-order valence-electron chi connectivity index (χ3n) is 5.08. The summed E-state index contributed by atoms with van der Waals surface area (Å²) in [7, 11) is 0. The molecule has 0 bridgehead atoms. The Balaban J connectivity index is 1.78.